The molecule has 2 heterocycles. The van der Waals surface area contributed by atoms with E-state index in [2.05, 4.69) is 11.3 Å². The van der Waals surface area contributed by atoms with Gasteiger partial charge in [0.25, 0.3) is 0 Å². The SMILES string of the molecule is [c]1ccnn1C1COC1. The molecule has 1 saturated heterocycles. The maximum Gasteiger partial charge on any atom is 0.0993 e. The van der Waals surface area contributed by atoms with Gasteiger partial charge in [0, 0.05) is 6.20 Å². The Kier molecular flexibility index (Phi) is 1.02. The van der Waals surface area contributed by atoms with Gasteiger partial charge in [-0.15, -0.1) is 0 Å². The van der Waals surface area contributed by atoms with Crippen LogP contribution in [0.5, 0.6) is 0 Å². The van der Waals surface area contributed by atoms with Crippen molar-refractivity contribution in [3.05, 3.63) is 18.5 Å². The van der Waals surface area contributed by atoms with Gasteiger partial charge in [-0.25, -0.2) is 0 Å². The van der Waals surface area contributed by atoms with Gasteiger partial charge >= 0.3 is 0 Å². The van der Waals surface area contributed by atoms with Gasteiger partial charge < -0.3 is 4.74 Å². The predicted molar refractivity (Wildman–Crippen MR) is 30.9 cm³/mol. The van der Waals surface area contributed by atoms with E-state index in [0.29, 0.717) is 6.04 Å². The highest BCUT2D eigenvalue weighted by molar-refractivity contribution is 4.81. The Balaban J connectivity index is 2.14. The summed E-state index contributed by atoms with van der Waals surface area (Å²) in [6, 6.07) is 2.25. The molecule has 47 valence electrons. The molecule has 0 atom stereocenters. The van der Waals surface area contributed by atoms with E-state index in [-0.39, 0.29) is 0 Å². The first-order valence-electron chi connectivity index (χ1n) is 2.96. The van der Waals surface area contributed by atoms with Crippen LogP contribution in [0.1, 0.15) is 6.04 Å². The zero-order chi connectivity index (χ0) is 6.10. The topological polar surface area (TPSA) is 27.1 Å². The molecule has 1 radical (unpaired) electrons. The fraction of sp³-hybridized carbons (Fsp3) is 0.500. The highest BCUT2D eigenvalue weighted by atomic mass is 16.5. The normalized spacial score (nSPS) is 19.6. The molecule has 1 aromatic rings. The number of ether oxygens (including phenoxy) is 1. The Morgan fingerprint density at radius 2 is 2.56 bits per heavy atom. The zero-order valence-electron chi connectivity index (χ0n) is 4.95. The Bertz CT molecular complexity index is 179. The van der Waals surface area contributed by atoms with E-state index in [0.717, 1.165) is 13.2 Å². The lowest BCUT2D eigenvalue weighted by molar-refractivity contribution is -0.0290. The lowest BCUT2D eigenvalue weighted by atomic mass is 10.3. The number of rotatable bonds is 1. The second-order valence-corrected chi connectivity index (χ2v) is 2.10. The first kappa shape index (κ1) is 4.99. The minimum atomic E-state index is 0.444. The fourth-order valence-corrected chi connectivity index (χ4v) is 0.812. The standard InChI is InChI=1S/C6H7N2O/c1-2-7-8(3-1)6-4-9-5-6/h1-2,6H,4-5H2. The van der Waals surface area contributed by atoms with Gasteiger partial charge in [-0.2, -0.15) is 5.10 Å². The third kappa shape index (κ3) is 0.733. The number of nitrogens with zero attached hydrogens (tertiary/aromatic N) is 2. The van der Waals surface area contributed by atoms with Crippen molar-refractivity contribution >= 4 is 0 Å². The van der Waals surface area contributed by atoms with E-state index < -0.39 is 0 Å². The summed E-state index contributed by atoms with van der Waals surface area (Å²) in [6.45, 7) is 1.58. The van der Waals surface area contributed by atoms with Crippen molar-refractivity contribution in [1.29, 1.82) is 0 Å². The lowest BCUT2D eigenvalue weighted by Crippen LogP contribution is -2.30. The van der Waals surface area contributed by atoms with Gasteiger partial charge in [0.05, 0.1) is 25.5 Å². The summed E-state index contributed by atoms with van der Waals surface area (Å²) in [5, 5.41) is 4.02. The van der Waals surface area contributed by atoms with Crippen LogP contribution in [-0.2, 0) is 4.74 Å². The van der Waals surface area contributed by atoms with Crippen molar-refractivity contribution in [2.45, 2.75) is 6.04 Å². The number of aromatic nitrogens is 2. The molecule has 1 aliphatic heterocycles. The van der Waals surface area contributed by atoms with Crippen LogP contribution in [0.4, 0.5) is 0 Å². The molecule has 0 unspecified atom stereocenters. The summed E-state index contributed by atoms with van der Waals surface area (Å²) in [7, 11) is 0. The molecule has 0 N–H and O–H groups in total. The van der Waals surface area contributed by atoms with Crippen molar-refractivity contribution in [3.8, 4) is 0 Å². The molecule has 0 aromatic carbocycles. The Labute approximate surface area is 53.2 Å². The fourth-order valence-electron chi connectivity index (χ4n) is 0.812. The Morgan fingerprint density at radius 1 is 1.67 bits per heavy atom. The smallest absolute Gasteiger partial charge is 0.0993 e. The van der Waals surface area contributed by atoms with Gasteiger partial charge in [0.1, 0.15) is 0 Å². The molecule has 1 aromatic heterocycles. The van der Waals surface area contributed by atoms with Gasteiger partial charge in [0.15, 0.2) is 0 Å². The van der Waals surface area contributed by atoms with Crippen molar-refractivity contribution in [3.63, 3.8) is 0 Å². The quantitative estimate of drug-likeness (QED) is 0.535. The molecule has 1 aliphatic rings. The van der Waals surface area contributed by atoms with Gasteiger partial charge in [-0.1, -0.05) is 0 Å². The molecule has 0 amide bonds. The summed E-state index contributed by atoms with van der Waals surface area (Å²) in [5.74, 6) is 0. The largest absolute Gasteiger partial charge is 0.377 e. The first-order valence-corrected chi connectivity index (χ1v) is 2.96. The average Bonchev–Trinajstić information content (AvgIpc) is 2.11. The van der Waals surface area contributed by atoms with E-state index >= 15 is 0 Å². The molecular formula is C6H7N2O. The predicted octanol–water partition coefficient (Wildman–Crippen LogP) is 0.255. The van der Waals surface area contributed by atoms with E-state index in [4.69, 9.17) is 4.74 Å². The van der Waals surface area contributed by atoms with E-state index in [9.17, 15) is 0 Å². The average molecular weight is 123 g/mol. The van der Waals surface area contributed by atoms with Gasteiger partial charge in [0.2, 0.25) is 0 Å². The minimum Gasteiger partial charge on any atom is -0.377 e. The van der Waals surface area contributed by atoms with Crippen molar-refractivity contribution < 1.29 is 4.74 Å². The Hall–Kier alpha value is -0.830. The highest BCUT2D eigenvalue weighted by Gasteiger charge is 2.19. The van der Waals surface area contributed by atoms with Crippen LogP contribution in [-0.4, -0.2) is 23.0 Å². The molecule has 9 heavy (non-hydrogen) atoms. The van der Waals surface area contributed by atoms with Crippen LogP contribution in [0.15, 0.2) is 12.3 Å². The molecular weight excluding hydrogens is 116 g/mol. The summed E-state index contributed by atoms with van der Waals surface area (Å²) in [5.41, 5.74) is 0. The third-order valence-corrected chi connectivity index (χ3v) is 1.44. The molecule has 3 heteroatoms. The monoisotopic (exact) mass is 123 g/mol. The summed E-state index contributed by atoms with van der Waals surface area (Å²) >= 11 is 0. The lowest BCUT2D eigenvalue weighted by Gasteiger charge is -2.25. The van der Waals surface area contributed by atoms with Crippen LogP contribution >= 0.6 is 0 Å². The zero-order valence-corrected chi connectivity index (χ0v) is 4.95. The van der Waals surface area contributed by atoms with Gasteiger partial charge in [-0.3, -0.25) is 4.68 Å². The van der Waals surface area contributed by atoms with Crippen molar-refractivity contribution in [2.24, 2.45) is 0 Å². The molecule has 0 aliphatic carbocycles. The maximum absolute atomic E-state index is 4.98. The third-order valence-electron chi connectivity index (χ3n) is 1.44. The van der Waals surface area contributed by atoms with Crippen LogP contribution in [0.2, 0.25) is 0 Å². The minimum absolute atomic E-state index is 0.444. The molecule has 3 nitrogen and oxygen atoms in total. The van der Waals surface area contributed by atoms with E-state index in [1.165, 1.54) is 0 Å². The second-order valence-electron chi connectivity index (χ2n) is 2.10. The first-order chi connectivity index (χ1) is 4.47. The molecule has 0 bridgehead atoms. The maximum atomic E-state index is 4.98. The number of hydrogen-bond acceptors (Lipinski definition) is 2. The van der Waals surface area contributed by atoms with Crippen molar-refractivity contribution in [2.75, 3.05) is 13.2 Å². The van der Waals surface area contributed by atoms with Crippen LogP contribution in [0.25, 0.3) is 0 Å². The van der Waals surface area contributed by atoms with Gasteiger partial charge in [-0.05, 0) is 6.07 Å². The molecule has 0 spiro atoms. The highest BCUT2D eigenvalue weighted by Crippen LogP contribution is 2.13. The van der Waals surface area contributed by atoms with Crippen LogP contribution in [0.3, 0.4) is 0 Å². The van der Waals surface area contributed by atoms with E-state index in [1.807, 2.05) is 4.68 Å². The summed E-state index contributed by atoms with van der Waals surface area (Å²) in [6.07, 6.45) is 4.70. The second kappa shape index (κ2) is 1.84. The summed E-state index contributed by atoms with van der Waals surface area (Å²) < 4.78 is 6.79. The van der Waals surface area contributed by atoms with Crippen molar-refractivity contribution in [1.82, 2.24) is 9.78 Å². The van der Waals surface area contributed by atoms with Crippen LogP contribution < -0.4 is 0 Å². The van der Waals surface area contributed by atoms with Crippen LogP contribution in [0, 0.1) is 6.20 Å². The Morgan fingerprint density at radius 3 is 3.00 bits per heavy atom. The summed E-state index contributed by atoms with van der Waals surface area (Å²) in [4.78, 5) is 0. The number of hydrogen-bond donors (Lipinski definition) is 0. The molecule has 2 rings (SSSR count). The molecule has 1 fully saturated rings. The molecule has 0 saturated carbocycles. The van der Waals surface area contributed by atoms with E-state index in [1.54, 1.807) is 12.3 Å².